The highest BCUT2D eigenvalue weighted by Gasteiger charge is 2.17. The van der Waals surface area contributed by atoms with E-state index in [0.29, 0.717) is 18.4 Å². The Morgan fingerprint density at radius 1 is 1.06 bits per heavy atom. The second-order valence-electron chi connectivity index (χ2n) is 6.78. The molecule has 0 aromatic carbocycles. The van der Waals surface area contributed by atoms with Crippen molar-refractivity contribution in [3.63, 3.8) is 0 Å². The first-order chi connectivity index (χ1) is 7.60. The summed E-state index contributed by atoms with van der Waals surface area (Å²) in [4.78, 5) is 14.1. The van der Waals surface area contributed by atoms with E-state index in [4.69, 9.17) is 0 Å². The van der Waals surface area contributed by atoms with E-state index < -0.39 is 0 Å². The molecule has 0 saturated carbocycles. The van der Waals surface area contributed by atoms with Gasteiger partial charge in [-0.15, -0.1) is 0 Å². The van der Waals surface area contributed by atoms with E-state index in [-0.39, 0.29) is 11.4 Å². The molecule has 0 aromatic heterocycles. The Balaban J connectivity index is 4.27. The van der Waals surface area contributed by atoms with Crippen molar-refractivity contribution >= 4 is 5.91 Å². The van der Waals surface area contributed by atoms with Crippen LogP contribution in [-0.2, 0) is 4.79 Å². The average Bonchev–Trinajstić information content (AvgIpc) is 1.95. The van der Waals surface area contributed by atoms with Gasteiger partial charge in [-0.2, -0.15) is 0 Å². The summed E-state index contributed by atoms with van der Waals surface area (Å²) >= 11 is 0. The van der Waals surface area contributed by atoms with Gasteiger partial charge in [-0.25, -0.2) is 0 Å². The zero-order chi connectivity index (χ0) is 13.6. The van der Waals surface area contributed by atoms with Gasteiger partial charge in [0, 0.05) is 18.6 Å². The van der Waals surface area contributed by atoms with Crippen LogP contribution >= 0.6 is 0 Å². The summed E-state index contributed by atoms with van der Waals surface area (Å²) < 4.78 is 0. The van der Waals surface area contributed by atoms with Gasteiger partial charge in [0.2, 0.25) is 5.91 Å². The molecule has 0 aliphatic carbocycles. The lowest BCUT2D eigenvalue weighted by molar-refractivity contribution is -0.123. The third kappa shape index (κ3) is 10.3. The number of carbonyl (C=O) groups is 1. The van der Waals surface area contributed by atoms with Crippen LogP contribution in [0, 0.1) is 11.8 Å². The van der Waals surface area contributed by atoms with E-state index in [1.807, 2.05) is 20.8 Å². The van der Waals surface area contributed by atoms with Gasteiger partial charge in [0.15, 0.2) is 0 Å². The Morgan fingerprint density at radius 2 is 1.47 bits per heavy atom. The first-order valence-electron chi connectivity index (χ1n) is 6.63. The Bertz CT molecular complexity index is 219. The van der Waals surface area contributed by atoms with Crippen LogP contribution in [0.5, 0.6) is 0 Å². The summed E-state index contributed by atoms with van der Waals surface area (Å²) in [5.74, 6) is 1.31. The average molecular weight is 242 g/mol. The summed E-state index contributed by atoms with van der Waals surface area (Å²) in [5.41, 5.74) is -0.140. The highest BCUT2D eigenvalue weighted by atomic mass is 16.2. The number of amides is 1. The summed E-state index contributed by atoms with van der Waals surface area (Å²) in [5, 5.41) is 3.02. The third-order valence-electron chi connectivity index (χ3n) is 2.13. The zero-order valence-corrected chi connectivity index (χ0v) is 12.6. The number of rotatable bonds is 6. The lowest BCUT2D eigenvalue weighted by atomic mass is 10.1. The van der Waals surface area contributed by atoms with Gasteiger partial charge in [0.25, 0.3) is 0 Å². The summed E-state index contributed by atoms with van der Waals surface area (Å²) in [6, 6.07) is 0. The smallest absolute Gasteiger partial charge is 0.234 e. The largest absolute Gasteiger partial charge is 0.350 e. The molecule has 3 heteroatoms. The minimum atomic E-state index is -0.140. The molecule has 0 rings (SSSR count). The first kappa shape index (κ1) is 16.4. The third-order valence-corrected chi connectivity index (χ3v) is 2.13. The molecule has 0 unspecified atom stereocenters. The molecule has 3 nitrogen and oxygen atoms in total. The standard InChI is InChI=1S/C14H30N2O/c1-11(2)8-16(9-12(3)4)10-13(17)15-14(5,6)7/h11-12H,8-10H2,1-7H3,(H,15,17). The van der Waals surface area contributed by atoms with E-state index in [1.165, 1.54) is 0 Å². The van der Waals surface area contributed by atoms with Gasteiger partial charge in [0.1, 0.15) is 0 Å². The fourth-order valence-corrected chi connectivity index (χ4v) is 1.90. The summed E-state index contributed by atoms with van der Waals surface area (Å²) in [6.07, 6.45) is 0. The van der Waals surface area contributed by atoms with E-state index in [2.05, 4.69) is 37.9 Å². The fraction of sp³-hybridized carbons (Fsp3) is 0.929. The lowest BCUT2D eigenvalue weighted by Crippen LogP contribution is -2.47. The van der Waals surface area contributed by atoms with Crippen LogP contribution in [0.3, 0.4) is 0 Å². The van der Waals surface area contributed by atoms with Crippen LogP contribution < -0.4 is 5.32 Å². The molecule has 0 radical (unpaired) electrons. The molecule has 0 aliphatic heterocycles. The number of carbonyl (C=O) groups excluding carboxylic acids is 1. The second kappa shape index (κ2) is 7.00. The quantitative estimate of drug-likeness (QED) is 0.776. The van der Waals surface area contributed by atoms with Crippen LogP contribution in [-0.4, -0.2) is 36.0 Å². The monoisotopic (exact) mass is 242 g/mol. The molecule has 0 heterocycles. The maximum Gasteiger partial charge on any atom is 0.234 e. The first-order valence-corrected chi connectivity index (χ1v) is 6.63. The molecule has 0 bridgehead atoms. The van der Waals surface area contributed by atoms with Gasteiger partial charge in [-0.1, -0.05) is 27.7 Å². The van der Waals surface area contributed by atoms with Crippen molar-refractivity contribution in [2.75, 3.05) is 19.6 Å². The Labute approximate surface area is 107 Å². The molecule has 1 amide bonds. The van der Waals surface area contributed by atoms with Crippen LogP contribution in [0.15, 0.2) is 0 Å². The highest BCUT2D eigenvalue weighted by molar-refractivity contribution is 5.78. The molecule has 0 atom stereocenters. The number of hydrogen-bond acceptors (Lipinski definition) is 2. The topological polar surface area (TPSA) is 32.3 Å². The maximum atomic E-state index is 11.9. The summed E-state index contributed by atoms with van der Waals surface area (Å²) in [7, 11) is 0. The van der Waals surface area contributed by atoms with Crippen molar-refractivity contribution in [3.05, 3.63) is 0 Å². The zero-order valence-electron chi connectivity index (χ0n) is 12.6. The van der Waals surface area contributed by atoms with E-state index in [0.717, 1.165) is 13.1 Å². The van der Waals surface area contributed by atoms with E-state index >= 15 is 0 Å². The van der Waals surface area contributed by atoms with Crippen molar-refractivity contribution in [2.45, 2.75) is 54.0 Å². The van der Waals surface area contributed by atoms with Crippen molar-refractivity contribution < 1.29 is 4.79 Å². The molecule has 1 N–H and O–H groups in total. The van der Waals surface area contributed by atoms with Crippen molar-refractivity contribution in [1.82, 2.24) is 10.2 Å². The molecular formula is C14H30N2O. The number of hydrogen-bond donors (Lipinski definition) is 1. The Kier molecular flexibility index (Phi) is 6.76. The van der Waals surface area contributed by atoms with Gasteiger partial charge in [0.05, 0.1) is 6.54 Å². The molecule has 0 saturated heterocycles. The van der Waals surface area contributed by atoms with E-state index in [1.54, 1.807) is 0 Å². The number of nitrogens with one attached hydrogen (secondary N) is 1. The maximum absolute atomic E-state index is 11.9. The van der Waals surface area contributed by atoms with Crippen LogP contribution in [0.1, 0.15) is 48.5 Å². The minimum Gasteiger partial charge on any atom is -0.350 e. The molecule has 0 aromatic rings. The fourth-order valence-electron chi connectivity index (χ4n) is 1.90. The van der Waals surface area contributed by atoms with Gasteiger partial charge >= 0.3 is 0 Å². The molecule has 17 heavy (non-hydrogen) atoms. The Hall–Kier alpha value is -0.570. The second-order valence-corrected chi connectivity index (χ2v) is 6.78. The van der Waals surface area contributed by atoms with Crippen molar-refractivity contribution in [2.24, 2.45) is 11.8 Å². The predicted octanol–water partition coefficient (Wildman–Crippen LogP) is 2.52. The highest BCUT2D eigenvalue weighted by Crippen LogP contribution is 2.04. The van der Waals surface area contributed by atoms with Crippen LogP contribution in [0.4, 0.5) is 0 Å². The van der Waals surface area contributed by atoms with Crippen LogP contribution in [0.2, 0.25) is 0 Å². The minimum absolute atomic E-state index is 0.124. The molecular weight excluding hydrogens is 212 g/mol. The van der Waals surface area contributed by atoms with Crippen molar-refractivity contribution in [1.29, 1.82) is 0 Å². The predicted molar refractivity (Wildman–Crippen MR) is 74.0 cm³/mol. The molecule has 102 valence electrons. The van der Waals surface area contributed by atoms with Gasteiger partial charge < -0.3 is 5.32 Å². The molecule has 0 fully saturated rings. The van der Waals surface area contributed by atoms with Gasteiger partial charge in [-0.05, 0) is 32.6 Å². The SMILES string of the molecule is CC(C)CN(CC(=O)NC(C)(C)C)CC(C)C. The van der Waals surface area contributed by atoms with Crippen LogP contribution in [0.25, 0.3) is 0 Å². The molecule has 0 spiro atoms. The number of nitrogens with zero attached hydrogens (tertiary/aromatic N) is 1. The summed E-state index contributed by atoms with van der Waals surface area (Å²) in [6.45, 7) is 17.3. The molecule has 0 aliphatic rings. The van der Waals surface area contributed by atoms with Gasteiger partial charge in [-0.3, -0.25) is 9.69 Å². The Morgan fingerprint density at radius 3 is 1.76 bits per heavy atom. The normalized spacial score (nSPS) is 12.6. The van der Waals surface area contributed by atoms with E-state index in [9.17, 15) is 4.79 Å². The van der Waals surface area contributed by atoms with Crippen molar-refractivity contribution in [3.8, 4) is 0 Å². The lowest BCUT2D eigenvalue weighted by Gasteiger charge is -2.28.